The molecule has 2 saturated heterocycles. The molecule has 0 radical (unpaired) electrons. The zero-order valence-corrected chi connectivity index (χ0v) is 13.7. The van der Waals surface area contributed by atoms with E-state index in [-0.39, 0.29) is 30.0 Å². The zero-order valence-electron chi connectivity index (χ0n) is 13.7. The number of rotatable bonds is 3. The van der Waals surface area contributed by atoms with Crippen LogP contribution in [0, 0.1) is 11.7 Å². The number of carbonyl (C=O) groups excluding carboxylic acids is 2. The molecule has 5 nitrogen and oxygen atoms in total. The summed E-state index contributed by atoms with van der Waals surface area (Å²) >= 11 is 0. The first-order valence-corrected chi connectivity index (χ1v) is 8.52. The summed E-state index contributed by atoms with van der Waals surface area (Å²) < 4.78 is 18.5. The molecule has 2 aliphatic rings. The predicted octanol–water partition coefficient (Wildman–Crippen LogP) is 1.47. The topological polar surface area (TPSA) is 49.9 Å². The maximum Gasteiger partial charge on any atom is 0.226 e. The monoisotopic (exact) mass is 334 g/mol. The Labute approximate surface area is 141 Å². The van der Waals surface area contributed by atoms with E-state index in [4.69, 9.17) is 4.74 Å². The Morgan fingerprint density at radius 2 is 1.79 bits per heavy atom. The van der Waals surface area contributed by atoms with Gasteiger partial charge < -0.3 is 14.5 Å². The normalized spacial score (nSPS) is 19.4. The van der Waals surface area contributed by atoms with Crippen molar-refractivity contribution in [2.75, 3.05) is 39.4 Å². The molecule has 0 unspecified atom stereocenters. The molecule has 1 aromatic rings. The molecule has 0 N–H and O–H groups in total. The third-order valence-electron chi connectivity index (χ3n) is 4.76. The van der Waals surface area contributed by atoms with Gasteiger partial charge in [-0.1, -0.05) is 12.1 Å². The smallest absolute Gasteiger partial charge is 0.226 e. The van der Waals surface area contributed by atoms with Crippen LogP contribution in [0.15, 0.2) is 24.3 Å². The van der Waals surface area contributed by atoms with E-state index < -0.39 is 0 Å². The lowest BCUT2D eigenvalue weighted by Crippen LogP contribution is -2.47. The highest BCUT2D eigenvalue weighted by molar-refractivity contribution is 5.81. The lowest BCUT2D eigenvalue weighted by molar-refractivity contribution is -0.143. The number of morpholine rings is 1. The molecular weight excluding hydrogens is 311 g/mol. The largest absolute Gasteiger partial charge is 0.378 e. The number of benzene rings is 1. The highest BCUT2D eigenvalue weighted by atomic mass is 19.1. The Balaban J connectivity index is 1.49. The molecule has 2 amide bonds. The molecule has 3 rings (SSSR count). The van der Waals surface area contributed by atoms with Crippen molar-refractivity contribution in [3.05, 3.63) is 35.6 Å². The van der Waals surface area contributed by atoms with Gasteiger partial charge in [-0.15, -0.1) is 0 Å². The van der Waals surface area contributed by atoms with Gasteiger partial charge in [-0.25, -0.2) is 4.39 Å². The highest BCUT2D eigenvalue weighted by Crippen LogP contribution is 2.21. The van der Waals surface area contributed by atoms with Crippen molar-refractivity contribution < 1.29 is 18.7 Å². The van der Waals surface area contributed by atoms with Gasteiger partial charge in [0.15, 0.2) is 0 Å². The van der Waals surface area contributed by atoms with Gasteiger partial charge in [-0.05, 0) is 30.5 Å². The fraction of sp³-hybridized carbons (Fsp3) is 0.556. The van der Waals surface area contributed by atoms with Crippen LogP contribution in [0.5, 0.6) is 0 Å². The van der Waals surface area contributed by atoms with Gasteiger partial charge in [-0.2, -0.15) is 0 Å². The average molecular weight is 334 g/mol. The fourth-order valence-corrected chi connectivity index (χ4v) is 3.35. The van der Waals surface area contributed by atoms with Gasteiger partial charge in [0, 0.05) is 32.1 Å². The molecule has 2 aliphatic heterocycles. The summed E-state index contributed by atoms with van der Waals surface area (Å²) in [7, 11) is 0. The summed E-state index contributed by atoms with van der Waals surface area (Å²) in [6.07, 6.45) is 1.61. The van der Waals surface area contributed by atoms with Gasteiger partial charge in [0.2, 0.25) is 11.8 Å². The van der Waals surface area contributed by atoms with Crippen molar-refractivity contribution in [2.24, 2.45) is 5.92 Å². The molecule has 0 aliphatic carbocycles. The number of halogens is 1. The molecule has 24 heavy (non-hydrogen) atoms. The maximum absolute atomic E-state index is 13.2. The molecule has 0 bridgehead atoms. The minimum absolute atomic E-state index is 0.00122. The van der Waals surface area contributed by atoms with Crippen molar-refractivity contribution in [3.63, 3.8) is 0 Å². The molecule has 0 aromatic heterocycles. The van der Waals surface area contributed by atoms with E-state index in [1.165, 1.54) is 12.1 Å². The first kappa shape index (κ1) is 16.9. The van der Waals surface area contributed by atoms with Crippen LogP contribution >= 0.6 is 0 Å². The van der Waals surface area contributed by atoms with E-state index >= 15 is 0 Å². The summed E-state index contributed by atoms with van der Waals surface area (Å²) in [6, 6.07) is 6.14. The zero-order chi connectivity index (χ0) is 16.9. The number of nitrogens with zero attached hydrogens (tertiary/aromatic N) is 2. The van der Waals surface area contributed by atoms with Crippen LogP contribution < -0.4 is 0 Å². The molecule has 2 fully saturated rings. The second kappa shape index (κ2) is 7.75. The van der Waals surface area contributed by atoms with Gasteiger partial charge >= 0.3 is 0 Å². The first-order valence-electron chi connectivity index (χ1n) is 8.52. The number of amides is 2. The van der Waals surface area contributed by atoms with Crippen LogP contribution in [-0.2, 0) is 20.7 Å². The summed E-state index contributed by atoms with van der Waals surface area (Å²) in [5, 5.41) is 0. The Morgan fingerprint density at radius 1 is 1.08 bits per heavy atom. The quantitative estimate of drug-likeness (QED) is 0.841. The van der Waals surface area contributed by atoms with Crippen LogP contribution in [0.2, 0.25) is 0 Å². The maximum atomic E-state index is 13.2. The van der Waals surface area contributed by atoms with Crippen LogP contribution in [0.4, 0.5) is 4.39 Å². The van der Waals surface area contributed by atoms with E-state index in [1.807, 2.05) is 4.90 Å². The van der Waals surface area contributed by atoms with Crippen LogP contribution in [0.25, 0.3) is 0 Å². The SMILES string of the molecule is O=C(Cc1cccc(F)c1)N1CCC(C(=O)N2CCOCC2)CC1. The summed E-state index contributed by atoms with van der Waals surface area (Å²) in [4.78, 5) is 28.5. The second-order valence-electron chi connectivity index (χ2n) is 6.40. The molecule has 0 saturated carbocycles. The Hall–Kier alpha value is -1.95. The number of likely N-dealkylation sites (tertiary alicyclic amines) is 1. The van der Waals surface area contributed by atoms with E-state index in [2.05, 4.69) is 0 Å². The van der Waals surface area contributed by atoms with Crippen molar-refractivity contribution in [1.82, 2.24) is 9.80 Å². The van der Waals surface area contributed by atoms with E-state index in [1.54, 1.807) is 17.0 Å². The Morgan fingerprint density at radius 3 is 2.46 bits per heavy atom. The summed E-state index contributed by atoms with van der Waals surface area (Å²) in [5.74, 6) is -0.134. The first-order chi connectivity index (χ1) is 11.6. The fourth-order valence-electron chi connectivity index (χ4n) is 3.35. The van der Waals surface area contributed by atoms with Crippen molar-refractivity contribution >= 4 is 11.8 Å². The summed E-state index contributed by atoms with van der Waals surface area (Å²) in [5.41, 5.74) is 0.687. The molecule has 2 heterocycles. The number of hydrogen-bond donors (Lipinski definition) is 0. The van der Waals surface area contributed by atoms with Gasteiger partial charge in [0.25, 0.3) is 0 Å². The Kier molecular flexibility index (Phi) is 5.45. The highest BCUT2D eigenvalue weighted by Gasteiger charge is 2.30. The van der Waals surface area contributed by atoms with Gasteiger partial charge in [0.05, 0.1) is 19.6 Å². The third-order valence-corrected chi connectivity index (χ3v) is 4.76. The minimum atomic E-state index is -0.324. The van der Waals surface area contributed by atoms with E-state index in [9.17, 15) is 14.0 Å². The predicted molar refractivity (Wildman–Crippen MR) is 86.8 cm³/mol. The summed E-state index contributed by atoms with van der Waals surface area (Å²) in [6.45, 7) is 3.73. The molecule has 1 aromatic carbocycles. The van der Waals surface area contributed by atoms with Crippen molar-refractivity contribution in [3.8, 4) is 0 Å². The molecular formula is C18H23FN2O3. The van der Waals surface area contributed by atoms with Crippen LogP contribution in [0.1, 0.15) is 18.4 Å². The van der Waals surface area contributed by atoms with Gasteiger partial charge in [0.1, 0.15) is 5.82 Å². The number of piperidine rings is 1. The molecule has 130 valence electrons. The number of carbonyl (C=O) groups is 2. The standard InChI is InChI=1S/C18H23FN2O3/c19-16-3-1-2-14(12-16)13-17(22)20-6-4-15(5-7-20)18(23)21-8-10-24-11-9-21/h1-3,12,15H,4-11,13H2. The second-order valence-corrected chi connectivity index (χ2v) is 6.40. The lowest BCUT2D eigenvalue weighted by atomic mass is 9.94. The van der Waals surface area contributed by atoms with Crippen molar-refractivity contribution in [1.29, 1.82) is 0 Å². The van der Waals surface area contributed by atoms with Gasteiger partial charge in [-0.3, -0.25) is 9.59 Å². The van der Waals surface area contributed by atoms with Crippen LogP contribution in [0.3, 0.4) is 0 Å². The average Bonchev–Trinajstić information content (AvgIpc) is 2.62. The lowest BCUT2D eigenvalue weighted by Gasteiger charge is -2.35. The van der Waals surface area contributed by atoms with Crippen molar-refractivity contribution in [2.45, 2.75) is 19.3 Å². The Bertz CT molecular complexity index is 594. The number of hydrogen-bond acceptors (Lipinski definition) is 3. The van der Waals surface area contributed by atoms with E-state index in [0.29, 0.717) is 57.8 Å². The third kappa shape index (κ3) is 4.12. The molecule has 0 atom stereocenters. The molecule has 6 heteroatoms. The molecule has 0 spiro atoms. The number of ether oxygens (including phenoxy) is 1. The minimum Gasteiger partial charge on any atom is -0.378 e. The van der Waals surface area contributed by atoms with E-state index in [0.717, 1.165) is 0 Å². The van der Waals surface area contributed by atoms with Crippen LogP contribution in [-0.4, -0.2) is 61.0 Å².